The van der Waals surface area contributed by atoms with Gasteiger partial charge in [-0.1, -0.05) is 12.8 Å². The first kappa shape index (κ1) is 15.4. The van der Waals surface area contributed by atoms with E-state index in [9.17, 15) is 0 Å². The van der Waals surface area contributed by atoms with Crippen molar-refractivity contribution in [2.24, 2.45) is 0 Å². The summed E-state index contributed by atoms with van der Waals surface area (Å²) in [5, 5.41) is 0.308. The predicted molar refractivity (Wildman–Crippen MR) is 89.5 cm³/mol. The Balaban J connectivity index is 1.81. The van der Waals surface area contributed by atoms with Gasteiger partial charge in [-0.05, 0) is 43.9 Å². The third-order valence-electron chi connectivity index (χ3n) is 5.35. The second kappa shape index (κ2) is 5.72. The Morgan fingerprint density at radius 2 is 1.96 bits per heavy atom. The summed E-state index contributed by atoms with van der Waals surface area (Å²) in [4.78, 5) is 11.1. The number of halogens is 1. The first-order chi connectivity index (χ1) is 11.1. The van der Waals surface area contributed by atoms with E-state index in [1.54, 1.807) is 0 Å². The number of nitrogens with zero attached hydrogens (tertiary/aromatic N) is 3. The number of hydrogen-bond donors (Lipinski definition) is 0. The van der Waals surface area contributed by atoms with Gasteiger partial charge in [-0.2, -0.15) is 4.98 Å². The molecular weight excluding hydrogens is 314 g/mol. The molecule has 1 saturated heterocycles. The summed E-state index contributed by atoms with van der Waals surface area (Å²) < 4.78 is 11.9. The highest BCUT2D eigenvalue weighted by Crippen LogP contribution is 2.42. The second-order valence-electron chi connectivity index (χ2n) is 6.69. The van der Waals surface area contributed by atoms with Crippen LogP contribution in [0.2, 0.25) is 5.28 Å². The van der Waals surface area contributed by atoms with Gasteiger partial charge in [0.05, 0.1) is 13.2 Å². The van der Waals surface area contributed by atoms with Crippen LogP contribution in [0.25, 0.3) is 5.57 Å². The van der Waals surface area contributed by atoms with Gasteiger partial charge in [0, 0.05) is 29.9 Å². The molecule has 1 aliphatic carbocycles. The van der Waals surface area contributed by atoms with Gasteiger partial charge in [0.15, 0.2) is 5.79 Å². The topological polar surface area (TPSA) is 47.5 Å². The van der Waals surface area contributed by atoms with Crippen molar-refractivity contribution in [3.8, 4) is 0 Å². The molecule has 3 aliphatic rings. The van der Waals surface area contributed by atoms with Crippen molar-refractivity contribution in [2.45, 2.75) is 51.4 Å². The van der Waals surface area contributed by atoms with Gasteiger partial charge in [-0.3, -0.25) is 0 Å². The molecule has 6 heteroatoms. The van der Waals surface area contributed by atoms with Crippen LogP contribution in [0.3, 0.4) is 0 Å². The van der Waals surface area contributed by atoms with E-state index >= 15 is 0 Å². The summed E-state index contributed by atoms with van der Waals surface area (Å²) >= 11 is 6.07. The van der Waals surface area contributed by atoms with Crippen molar-refractivity contribution in [3.63, 3.8) is 0 Å². The van der Waals surface area contributed by atoms with E-state index in [0.29, 0.717) is 24.5 Å². The first-order valence-corrected chi connectivity index (χ1v) is 8.74. The Bertz CT molecular complexity index is 649. The maximum absolute atomic E-state index is 6.07. The lowest BCUT2D eigenvalue weighted by molar-refractivity contribution is -0.110. The SMILES string of the molecule is CC1=C(C2(C)OCCO2)CN(C2CCCC2)c2nc(Cl)ncc21. The van der Waals surface area contributed by atoms with E-state index in [1.807, 2.05) is 13.1 Å². The lowest BCUT2D eigenvalue weighted by Gasteiger charge is -2.40. The highest BCUT2D eigenvalue weighted by Gasteiger charge is 2.42. The third kappa shape index (κ3) is 2.55. The number of allylic oxidation sites excluding steroid dienone is 1. The van der Waals surface area contributed by atoms with Gasteiger partial charge < -0.3 is 14.4 Å². The fraction of sp³-hybridized carbons (Fsp3) is 0.647. The number of anilines is 1. The molecule has 5 nitrogen and oxygen atoms in total. The zero-order valence-corrected chi connectivity index (χ0v) is 14.4. The molecule has 2 aliphatic heterocycles. The van der Waals surface area contributed by atoms with E-state index < -0.39 is 5.79 Å². The zero-order valence-electron chi connectivity index (χ0n) is 13.6. The zero-order chi connectivity index (χ0) is 16.0. The van der Waals surface area contributed by atoms with Crippen LogP contribution < -0.4 is 4.90 Å². The van der Waals surface area contributed by atoms with E-state index in [-0.39, 0.29) is 0 Å². The molecule has 1 aromatic rings. The van der Waals surface area contributed by atoms with Crippen LogP contribution in [0.1, 0.15) is 45.1 Å². The average molecular weight is 336 g/mol. The van der Waals surface area contributed by atoms with Gasteiger partial charge in [0.25, 0.3) is 0 Å². The maximum atomic E-state index is 6.07. The molecule has 4 rings (SSSR count). The summed E-state index contributed by atoms with van der Waals surface area (Å²) in [6.45, 7) is 6.19. The quantitative estimate of drug-likeness (QED) is 0.775. The summed E-state index contributed by atoms with van der Waals surface area (Å²) in [5.74, 6) is 0.317. The molecule has 1 aromatic heterocycles. The molecule has 0 atom stereocenters. The molecule has 1 saturated carbocycles. The van der Waals surface area contributed by atoms with Crippen LogP contribution in [0.15, 0.2) is 11.8 Å². The van der Waals surface area contributed by atoms with Gasteiger partial charge in [-0.15, -0.1) is 0 Å². The monoisotopic (exact) mass is 335 g/mol. The largest absolute Gasteiger partial charge is 0.349 e. The lowest BCUT2D eigenvalue weighted by atomic mass is 9.92. The molecule has 0 bridgehead atoms. The van der Waals surface area contributed by atoms with Gasteiger partial charge in [0.1, 0.15) is 5.82 Å². The fourth-order valence-corrected chi connectivity index (χ4v) is 4.18. The first-order valence-electron chi connectivity index (χ1n) is 8.36. The van der Waals surface area contributed by atoms with Crippen molar-refractivity contribution in [1.82, 2.24) is 9.97 Å². The van der Waals surface area contributed by atoms with E-state index in [4.69, 9.17) is 21.1 Å². The molecule has 2 fully saturated rings. The van der Waals surface area contributed by atoms with Crippen LogP contribution in [-0.2, 0) is 9.47 Å². The highest BCUT2D eigenvalue weighted by atomic mass is 35.5. The minimum absolute atomic E-state index is 0.308. The second-order valence-corrected chi connectivity index (χ2v) is 7.03. The van der Waals surface area contributed by atoms with Crippen molar-refractivity contribution < 1.29 is 9.47 Å². The van der Waals surface area contributed by atoms with Crippen molar-refractivity contribution in [3.05, 3.63) is 22.6 Å². The third-order valence-corrected chi connectivity index (χ3v) is 5.53. The Morgan fingerprint density at radius 1 is 1.26 bits per heavy atom. The average Bonchev–Trinajstić information content (AvgIpc) is 3.19. The smallest absolute Gasteiger partial charge is 0.224 e. The molecular formula is C17H22ClN3O2. The van der Waals surface area contributed by atoms with Crippen molar-refractivity contribution in [2.75, 3.05) is 24.7 Å². The van der Waals surface area contributed by atoms with Crippen LogP contribution in [0.4, 0.5) is 5.82 Å². The molecule has 0 radical (unpaired) electrons. The molecule has 124 valence electrons. The summed E-state index contributed by atoms with van der Waals surface area (Å²) in [5.41, 5.74) is 3.37. The van der Waals surface area contributed by atoms with Crippen LogP contribution in [0.5, 0.6) is 0 Å². The number of fused-ring (bicyclic) bond motifs is 1. The van der Waals surface area contributed by atoms with Gasteiger partial charge in [-0.25, -0.2) is 4.98 Å². The van der Waals surface area contributed by atoms with Gasteiger partial charge >= 0.3 is 0 Å². The fourth-order valence-electron chi connectivity index (χ4n) is 4.05. The number of ether oxygens (including phenoxy) is 2. The molecule has 0 aromatic carbocycles. The Hall–Kier alpha value is -1.17. The Labute approximate surface area is 141 Å². The minimum atomic E-state index is -0.641. The van der Waals surface area contributed by atoms with E-state index in [2.05, 4.69) is 21.8 Å². The van der Waals surface area contributed by atoms with Crippen LogP contribution in [0, 0.1) is 0 Å². The number of rotatable bonds is 2. The molecule has 0 unspecified atom stereocenters. The highest BCUT2D eigenvalue weighted by molar-refractivity contribution is 6.28. The molecule has 0 N–H and O–H groups in total. The normalized spacial score (nSPS) is 24.4. The summed E-state index contributed by atoms with van der Waals surface area (Å²) in [6, 6.07) is 0.507. The predicted octanol–water partition coefficient (Wildman–Crippen LogP) is 3.43. The standard InChI is InChI=1S/C17H22ClN3O2/c1-11-13-9-19-16(18)20-15(13)21(12-5-3-4-6-12)10-14(11)17(2)22-7-8-23-17/h9,12H,3-8,10H2,1-2H3. The van der Waals surface area contributed by atoms with Crippen molar-refractivity contribution in [1.29, 1.82) is 0 Å². The molecule has 23 heavy (non-hydrogen) atoms. The van der Waals surface area contributed by atoms with Crippen LogP contribution in [-0.4, -0.2) is 41.6 Å². The van der Waals surface area contributed by atoms with Crippen molar-refractivity contribution >= 4 is 23.0 Å². The maximum Gasteiger partial charge on any atom is 0.224 e. The van der Waals surface area contributed by atoms with Crippen LogP contribution >= 0.6 is 11.6 Å². The molecule has 0 amide bonds. The Kier molecular flexibility index (Phi) is 3.82. The number of aromatic nitrogens is 2. The summed E-state index contributed by atoms with van der Waals surface area (Å²) in [6.07, 6.45) is 6.78. The number of hydrogen-bond acceptors (Lipinski definition) is 5. The molecule has 3 heterocycles. The lowest BCUT2D eigenvalue weighted by Crippen LogP contribution is -2.44. The van der Waals surface area contributed by atoms with E-state index in [1.165, 1.54) is 31.3 Å². The minimum Gasteiger partial charge on any atom is -0.349 e. The van der Waals surface area contributed by atoms with E-state index in [0.717, 1.165) is 23.5 Å². The summed E-state index contributed by atoms with van der Waals surface area (Å²) in [7, 11) is 0. The van der Waals surface area contributed by atoms with Gasteiger partial charge in [0.2, 0.25) is 5.28 Å². The Morgan fingerprint density at radius 3 is 2.65 bits per heavy atom. The molecule has 0 spiro atoms.